The Morgan fingerprint density at radius 2 is 1.81 bits per heavy atom. The van der Waals surface area contributed by atoms with Crippen LogP contribution in [-0.2, 0) is 0 Å². The third kappa shape index (κ3) is 7.54. The first-order chi connectivity index (χ1) is 14.6. The SMILES string of the molecule is CCC(C)N/C(=N/C(=O)c1ccc(F)c(F)c1)NC(N)CC(N)c1cc(F)cc(Cl)c1. The number of halogens is 4. The number of rotatable bonds is 7. The van der Waals surface area contributed by atoms with Gasteiger partial charge in [-0.3, -0.25) is 4.79 Å². The summed E-state index contributed by atoms with van der Waals surface area (Å²) in [5.41, 5.74) is 12.6. The summed E-state index contributed by atoms with van der Waals surface area (Å²) in [7, 11) is 0. The van der Waals surface area contributed by atoms with E-state index in [4.69, 9.17) is 23.1 Å². The smallest absolute Gasteiger partial charge is 0.280 e. The summed E-state index contributed by atoms with van der Waals surface area (Å²) in [5.74, 6) is -3.46. The average Bonchev–Trinajstić information content (AvgIpc) is 2.68. The molecule has 0 fully saturated rings. The zero-order chi connectivity index (χ0) is 23.1. The molecule has 2 rings (SSSR count). The van der Waals surface area contributed by atoms with E-state index in [2.05, 4.69) is 15.6 Å². The Morgan fingerprint density at radius 1 is 1.10 bits per heavy atom. The van der Waals surface area contributed by atoms with Crippen LogP contribution >= 0.6 is 11.6 Å². The molecule has 1 amide bonds. The van der Waals surface area contributed by atoms with Crippen LogP contribution in [0.4, 0.5) is 13.2 Å². The molecular formula is C21H25ClF3N5O. The van der Waals surface area contributed by atoms with Crippen molar-refractivity contribution in [3.8, 4) is 0 Å². The normalized spacial score (nSPS) is 14.6. The minimum Gasteiger partial charge on any atom is -0.354 e. The summed E-state index contributed by atoms with van der Waals surface area (Å²) < 4.78 is 40.1. The van der Waals surface area contributed by atoms with Crippen molar-refractivity contribution in [3.05, 3.63) is 70.0 Å². The van der Waals surface area contributed by atoms with Gasteiger partial charge in [0, 0.05) is 22.7 Å². The zero-order valence-electron chi connectivity index (χ0n) is 17.1. The second-order valence-electron chi connectivity index (χ2n) is 7.14. The second kappa shape index (κ2) is 11.1. The summed E-state index contributed by atoms with van der Waals surface area (Å²) >= 11 is 5.87. The minimum absolute atomic E-state index is 0.0565. The van der Waals surface area contributed by atoms with E-state index in [0.717, 1.165) is 24.6 Å². The van der Waals surface area contributed by atoms with Gasteiger partial charge in [-0.15, -0.1) is 0 Å². The summed E-state index contributed by atoms with van der Waals surface area (Å²) in [5, 5.41) is 6.08. The third-order valence-electron chi connectivity index (χ3n) is 4.52. The highest BCUT2D eigenvalue weighted by molar-refractivity contribution is 6.30. The van der Waals surface area contributed by atoms with Crippen LogP contribution in [0.15, 0.2) is 41.4 Å². The van der Waals surface area contributed by atoms with Gasteiger partial charge in [0.05, 0.1) is 6.17 Å². The van der Waals surface area contributed by atoms with Gasteiger partial charge in [-0.05, 0) is 61.7 Å². The summed E-state index contributed by atoms with van der Waals surface area (Å²) in [6.45, 7) is 3.79. The van der Waals surface area contributed by atoms with Gasteiger partial charge in [-0.1, -0.05) is 18.5 Å². The molecule has 2 aromatic rings. The van der Waals surface area contributed by atoms with Crippen molar-refractivity contribution < 1.29 is 18.0 Å². The molecule has 10 heteroatoms. The van der Waals surface area contributed by atoms with Crippen LogP contribution in [0.5, 0.6) is 0 Å². The summed E-state index contributed by atoms with van der Waals surface area (Å²) in [6.07, 6.45) is 0.127. The number of nitrogens with zero attached hydrogens (tertiary/aromatic N) is 1. The number of nitrogens with two attached hydrogens (primary N) is 2. The molecule has 0 radical (unpaired) electrons. The lowest BCUT2D eigenvalue weighted by molar-refractivity contribution is 0.100. The van der Waals surface area contributed by atoms with Crippen LogP contribution in [0.3, 0.4) is 0 Å². The number of amides is 1. The summed E-state index contributed by atoms with van der Waals surface area (Å²) in [4.78, 5) is 16.3. The van der Waals surface area contributed by atoms with E-state index in [1.54, 1.807) is 6.07 Å². The van der Waals surface area contributed by atoms with Crippen LogP contribution in [0, 0.1) is 17.5 Å². The van der Waals surface area contributed by atoms with Crippen molar-refractivity contribution in [2.24, 2.45) is 16.5 Å². The van der Waals surface area contributed by atoms with Crippen LogP contribution in [0.2, 0.25) is 5.02 Å². The Morgan fingerprint density at radius 3 is 2.42 bits per heavy atom. The fourth-order valence-corrected chi connectivity index (χ4v) is 2.90. The maximum atomic E-state index is 13.6. The fourth-order valence-electron chi connectivity index (χ4n) is 2.67. The largest absolute Gasteiger partial charge is 0.354 e. The lowest BCUT2D eigenvalue weighted by atomic mass is 10.0. The molecule has 0 saturated carbocycles. The molecule has 0 aliphatic rings. The number of carbonyl (C=O) groups is 1. The van der Waals surface area contributed by atoms with E-state index in [0.29, 0.717) is 5.56 Å². The summed E-state index contributed by atoms with van der Waals surface area (Å²) in [6, 6.07) is 6.03. The number of benzene rings is 2. The van der Waals surface area contributed by atoms with Gasteiger partial charge < -0.3 is 22.1 Å². The van der Waals surface area contributed by atoms with Gasteiger partial charge in [-0.2, -0.15) is 4.99 Å². The highest BCUT2D eigenvalue weighted by Crippen LogP contribution is 2.21. The highest BCUT2D eigenvalue weighted by Gasteiger charge is 2.17. The number of nitrogens with one attached hydrogen (secondary N) is 2. The Hall–Kier alpha value is -2.62. The molecule has 6 nitrogen and oxygen atoms in total. The molecule has 0 aliphatic heterocycles. The first-order valence-corrected chi connectivity index (χ1v) is 10.0. The van der Waals surface area contributed by atoms with Crippen molar-refractivity contribution in [3.63, 3.8) is 0 Å². The maximum Gasteiger partial charge on any atom is 0.280 e. The van der Waals surface area contributed by atoms with E-state index in [1.807, 2.05) is 13.8 Å². The predicted molar refractivity (Wildman–Crippen MR) is 115 cm³/mol. The van der Waals surface area contributed by atoms with Gasteiger partial charge in [0.25, 0.3) is 5.91 Å². The minimum atomic E-state index is -1.15. The number of aliphatic imine (C=N–C) groups is 1. The Bertz CT molecular complexity index is 936. The third-order valence-corrected chi connectivity index (χ3v) is 4.74. The quantitative estimate of drug-likeness (QED) is 0.290. The molecule has 0 heterocycles. The number of hydrogen-bond acceptors (Lipinski definition) is 3. The first kappa shape index (κ1) is 24.6. The van der Waals surface area contributed by atoms with Gasteiger partial charge in [-0.25, -0.2) is 13.2 Å². The number of carbonyl (C=O) groups excluding carboxylic acids is 1. The molecule has 3 atom stereocenters. The molecule has 168 valence electrons. The van der Waals surface area contributed by atoms with E-state index < -0.39 is 35.6 Å². The molecule has 31 heavy (non-hydrogen) atoms. The van der Waals surface area contributed by atoms with Crippen molar-refractivity contribution in [1.82, 2.24) is 10.6 Å². The van der Waals surface area contributed by atoms with E-state index in [-0.39, 0.29) is 29.0 Å². The molecule has 3 unspecified atom stereocenters. The molecule has 0 aliphatic carbocycles. The van der Waals surface area contributed by atoms with Gasteiger partial charge in [0.15, 0.2) is 11.6 Å². The predicted octanol–water partition coefficient (Wildman–Crippen LogP) is 3.61. The van der Waals surface area contributed by atoms with Crippen LogP contribution < -0.4 is 22.1 Å². The van der Waals surface area contributed by atoms with Crippen molar-refractivity contribution >= 4 is 23.5 Å². The van der Waals surface area contributed by atoms with E-state index >= 15 is 0 Å². The second-order valence-corrected chi connectivity index (χ2v) is 7.58. The van der Waals surface area contributed by atoms with E-state index in [9.17, 15) is 18.0 Å². The lowest BCUT2D eigenvalue weighted by Gasteiger charge is -2.23. The Balaban J connectivity index is 2.15. The molecule has 0 spiro atoms. The van der Waals surface area contributed by atoms with Gasteiger partial charge in [0.2, 0.25) is 5.96 Å². The van der Waals surface area contributed by atoms with Crippen LogP contribution in [0.1, 0.15) is 48.7 Å². The molecule has 6 N–H and O–H groups in total. The lowest BCUT2D eigenvalue weighted by Crippen LogP contribution is -2.51. The average molecular weight is 456 g/mol. The van der Waals surface area contributed by atoms with Crippen molar-refractivity contribution in [2.75, 3.05) is 0 Å². The van der Waals surface area contributed by atoms with Gasteiger partial charge in [0.1, 0.15) is 5.82 Å². The number of hydrogen-bond donors (Lipinski definition) is 4. The van der Waals surface area contributed by atoms with Gasteiger partial charge >= 0.3 is 0 Å². The maximum absolute atomic E-state index is 13.6. The topological polar surface area (TPSA) is 106 Å². The standard InChI is InChI=1S/C21H25ClF3N5O/c1-3-11(2)28-21(30-20(31)12-4-5-16(24)17(25)8-12)29-19(27)10-18(26)13-6-14(22)9-15(23)7-13/h4-9,11,18-19H,3,10,26-27H2,1-2H3,(H2,28,29,30,31). The Kier molecular flexibility index (Phi) is 8.85. The fraction of sp³-hybridized carbons (Fsp3) is 0.333. The van der Waals surface area contributed by atoms with Crippen LogP contribution in [-0.4, -0.2) is 24.1 Å². The van der Waals surface area contributed by atoms with Crippen molar-refractivity contribution in [1.29, 1.82) is 0 Å². The molecule has 0 aromatic heterocycles. The molecular weight excluding hydrogens is 431 g/mol. The Labute approximate surface area is 183 Å². The molecule has 2 aromatic carbocycles. The molecule has 0 bridgehead atoms. The number of guanidine groups is 1. The molecule has 0 saturated heterocycles. The monoisotopic (exact) mass is 455 g/mol. The van der Waals surface area contributed by atoms with Crippen LogP contribution in [0.25, 0.3) is 0 Å². The first-order valence-electron chi connectivity index (χ1n) is 9.67. The highest BCUT2D eigenvalue weighted by atomic mass is 35.5. The zero-order valence-corrected chi connectivity index (χ0v) is 17.9. The van der Waals surface area contributed by atoms with Crippen molar-refractivity contribution in [2.45, 2.75) is 44.9 Å². The van der Waals surface area contributed by atoms with E-state index in [1.165, 1.54) is 12.1 Å².